The van der Waals surface area contributed by atoms with E-state index in [1.807, 2.05) is 12.1 Å². The fourth-order valence-electron chi connectivity index (χ4n) is 3.26. The van der Waals surface area contributed by atoms with Gasteiger partial charge in [0.1, 0.15) is 5.56 Å². The molecule has 1 saturated heterocycles. The van der Waals surface area contributed by atoms with E-state index in [1.165, 1.54) is 6.20 Å². The molecule has 4 rings (SSSR count). The molecule has 0 saturated carbocycles. The van der Waals surface area contributed by atoms with Crippen LogP contribution in [0.4, 0.5) is 0 Å². The smallest absolute Gasteiger partial charge is 0.267 e. The third kappa shape index (κ3) is 2.45. The Kier molecular flexibility index (Phi) is 3.65. The van der Waals surface area contributed by atoms with E-state index in [1.54, 1.807) is 33.6 Å². The molecule has 1 amide bonds. The topological polar surface area (TPSA) is 68.1 Å². The summed E-state index contributed by atoms with van der Waals surface area (Å²) in [6, 6.07) is 3.87. The Balaban J connectivity index is 1.68. The number of thioether (sulfide) groups is 1. The first-order valence-corrected chi connectivity index (χ1v) is 8.68. The molecule has 1 atom stereocenters. The molecule has 2 aliphatic rings. The highest BCUT2D eigenvalue weighted by Crippen LogP contribution is 2.32. The summed E-state index contributed by atoms with van der Waals surface area (Å²) in [4.78, 5) is 35.6. The quantitative estimate of drug-likeness (QED) is 0.785. The zero-order chi connectivity index (χ0) is 15.8. The van der Waals surface area contributed by atoms with E-state index >= 15 is 0 Å². The van der Waals surface area contributed by atoms with Gasteiger partial charge < -0.3 is 4.90 Å². The van der Waals surface area contributed by atoms with Crippen LogP contribution in [0.25, 0.3) is 0 Å². The van der Waals surface area contributed by atoms with E-state index in [0.29, 0.717) is 18.2 Å². The zero-order valence-corrected chi connectivity index (χ0v) is 13.3. The highest BCUT2D eigenvalue weighted by atomic mass is 32.2. The molecule has 7 heteroatoms. The number of amides is 1. The van der Waals surface area contributed by atoms with E-state index in [-0.39, 0.29) is 23.1 Å². The summed E-state index contributed by atoms with van der Waals surface area (Å²) < 4.78 is 1.61. The number of aromatic nitrogens is 3. The summed E-state index contributed by atoms with van der Waals surface area (Å²) in [6.07, 6.45) is 6.76. The minimum Gasteiger partial charge on any atom is -0.331 e. The second-order valence-electron chi connectivity index (χ2n) is 5.70. The van der Waals surface area contributed by atoms with Crippen molar-refractivity contribution in [1.82, 2.24) is 19.4 Å². The molecule has 4 heterocycles. The molecule has 2 aromatic heterocycles. The molecule has 2 aliphatic heterocycles. The van der Waals surface area contributed by atoms with Gasteiger partial charge in [0.15, 0.2) is 5.16 Å². The van der Waals surface area contributed by atoms with Crippen LogP contribution in [-0.2, 0) is 6.54 Å². The second kappa shape index (κ2) is 5.81. The standard InChI is InChI=1S/C16H16N4O2S/c21-14(12-10-18-16-20(15(12)22)8-9-23-16)19-7-1-2-13(19)11-3-5-17-6-4-11/h3-6,10,13H,1-2,7-9H2/t13-/m0/s1. The summed E-state index contributed by atoms with van der Waals surface area (Å²) in [5.74, 6) is 0.623. The van der Waals surface area contributed by atoms with E-state index in [2.05, 4.69) is 9.97 Å². The number of rotatable bonds is 2. The van der Waals surface area contributed by atoms with E-state index < -0.39 is 0 Å². The van der Waals surface area contributed by atoms with Gasteiger partial charge in [0.05, 0.1) is 6.04 Å². The number of fused-ring (bicyclic) bond motifs is 1. The van der Waals surface area contributed by atoms with Gasteiger partial charge in [0.2, 0.25) is 0 Å². The molecule has 0 aromatic carbocycles. The molecular formula is C16H16N4O2S. The summed E-state index contributed by atoms with van der Waals surface area (Å²) in [5.41, 5.74) is 1.03. The van der Waals surface area contributed by atoms with Crippen molar-refractivity contribution in [3.63, 3.8) is 0 Å². The van der Waals surface area contributed by atoms with Crippen molar-refractivity contribution in [2.24, 2.45) is 0 Å². The van der Waals surface area contributed by atoms with Crippen LogP contribution < -0.4 is 5.56 Å². The predicted molar refractivity (Wildman–Crippen MR) is 86.5 cm³/mol. The summed E-state index contributed by atoms with van der Waals surface area (Å²) >= 11 is 1.55. The average Bonchev–Trinajstić information content (AvgIpc) is 3.25. The average molecular weight is 328 g/mol. The highest BCUT2D eigenvalue weighted by molar-refractivity contribution is 7.99. The lowest BCUT2D eigenvalue weighted by molar-refractivity contribution is 0.0732. The molecule has 6 nitrogen and oxygen atoms in total. The van der Waals surface area contributed by atoms with Crippen LogP contribution in [0, 0.1) is 0 Å². The van der Waals surface area contributed by atoms with Crippen molar-refractivity contribution in [3.05, 3.63) is 52.2 Å². The number of pyridine rings is 1. The zero-order valence-electron chi connectivity index (χ0n) is 12.5. The maximum Gasteiger partial charge on any atom is 0.267 e. The lowest BCUT2D eigenvalue weighted by Gasteiger charge is -2.24. The number of hydrogen-bond donors (Lipinski definition) is 0. The van der Waals surface area contributed by atoms with E-state index in [9.17, 15) is 9.59 Å². The number of carbonyl (C=O) groups is 1. The summed E-state index contributed by atoms with van der Waals surface area (Å²) in [6.45, 7) is 1.29. The number of hydrogen-bond acceptors (Lipinski definition) is 5. The van der Waals surface area contributed by atoms with Crippen molar-refractivity contribution in [1.29, 1.82) is 0 Å². The monoisotopic (exact) mass is 328 g/mol. The fourth-order valence-corrected chi connectivity index (χ4v) is 4.17. The Bertz CT molecular complexity index is 805. The summed E-state index contributed by atoms with van der Waals surface area (Å²) in [5, 5.41) is 0.707. The van der Waals surface area contributed by atoms with Gasteiger partial charge in [0, 0.05) is 37.4 Å². The molecule has 1 fully saturated rings. The molecule has 118 valence electrons. The van der Waals surface area contributed by atoms with Crippen LogP contribution in [-0.4, -0.2) is 37.6 Å². The van der Waals surface area contributed by atoms with Gasteiger partial charge in [-0.25, -0.2) is 4.98 Å². The van der Waals surface area contributed by atoms with Crippen LogP contribution in [0.2, 0.25) is 0 Å². The molecule has 0 bridgehead atoms. The first-order chi connectivity index (χ1) is 11.3. The van der Waals surface area contributed by atoms with Crippen molar-refractivity contribution < 1.29 is 4.79 Å². The first kappa shape index (κ1) is 14.4. The molecule has 0 radical (unpaired) electrons. The lowest BCUT2D eigenvalue weighted by atomic mass is 10.1. The molecule has 0 N–H and O–H groups in total. The Hall–Kier alpha value is -2.15. The Morgan fingerprint density at radius 2 is 2.09 bits per heavy atom. The van der Waals surface area contributed by atoms with Crippen molar-refractivity contribution >= 4 is 17.7 Å². The van der Waals surface area contributed by atoms with Crippen LogP contribution in [0.3, 0.4) is 0 Å². The summed E-state index contributed by atoms with van der Waals surface area (Å²) in [7, 11) is 0. The number of carbonyl (C=O) groups excluding carboxylic acids is 1. The van der Waals surface area contributed by atoms with Gasteiger partial charge in [-0.15, -0.1) is 0 Å². The van der Waals surface area contributed by atoms with E-state index in [0.717, 1.165) is 24.2 Å². The third-order valence-corrected chi connectivity index (χ3v) is 5.36. The molecular weight excluding hydrogens is 312 g/mol. The number of likely N-dealkylation sites (tertiary alicyclic amines) is 1. The van der Waals surface area contributed by atoms with Crippen molar-refractivity contribution in [3.8, 4) is 0 Å². The highest BCUT2D eigenvalue weighted by Gasteiger charge is 2.32. The van der Waals surface area contributed by atoms with Crippen molar-refractivity contribution in [2.45, 2.75) is 30.6 Å². The minimum absolute atomic E-state index is 0.0116. The largest absolute Gasteiger partial charge is 0.331 e. The first-order valence-electron chi connectivity index (χ1n) is 7.69. The van der Waals surface area contributed by atoms with Gasteiger partial charge in [-0.2, -0.15) is 0 Å². The molecule has 0 aliphatic carbocycles. The normalized spacial score (nSPS) is 19.8. The van der Waals surface area contributed by atoms with Gasteiger partial charge in [-0.3, -0.25) is 19.1 Å². The Labute approximate surface area is 137 Å². The number of nitrogens with zero attached hydrogens (tertiary/aromatic N) is 4. The molecule has 0 unspecified atom stereocenters. The van der Waals surface area contributed by atoms with Gasteiger partial charge in [0.25, 0.3) is 11.5 Å². The van der Waals surface area contributed by atoms with Crippen LogP contribution in [0.15, 0.2) is 40.7 Å². The van der Waals surface area contributed by atoms with Crippen molar-refractivity contribution in [2.75, 3.05) is 12.3 Å². The molecule has 2 aromatic rings. The van der Waals surface area contributed by atoms with Gasteiger partial charge in [-0.05, 0) is 30.5 Å². The minimum atomic E-state index is -0.217. The fraction of sp³-hybridized carbons (Fsp3) is 0.375. The Morgan fingerprint density at radius 3 is 2.91 bits per heavy atom. The Morgan fingerprint density at radius 1 is 1.26 bits per heavy atom. The molecule has 23 heavy (non-hydrogen) atoms. The van der Waals surface area contributed by atoms with Gasteiger partial charge >= 0.3 is 0 Å². The maximum atomic E-state index is 12.9. The predicted octanol–water partition coefficient (Wildman–Crippen LogP) is 1.72. The lowest BCUT2D eigenvalue weighted by Crippen LogP contribution is -2.36. The SMILES string of the molecule is O=C(c1cnc2n(c1=O)CCS2)N1CCC[C@H]1c1ccncc1. The molecule has 0 spiro atoms. The van der Waals surface area contributed by atoms with Crippen LogP contribution >= 0.6 is 11.8 Å². The van der Waals surface area contributed by atoms with Crippen LogP contribution in [0.1, 0.15) is 34.8 Å². The maximum absolute atomic E-state index is 12.9. The van der Waals surface area contributed by atoms with E-state index in [4.69, 9.17) is 0 Å². The second-order valence-corrected chi connectivity index (χ2v) is 6.76. The van der Waals surface area contributed by atoms with Gasteiger partial charge in [-0.1, -0.05) is 11.8 Å². The van der Waals surface area contributed by atoms with Crippen LogP contribution in [0.5, 0.6) is 0 Å². The third-order valence-electron chi connectivity index (χ3n) is 4.39.